The average Bonchev–Trinajstić information content (AvgIpc) is 2.95. The zero-order valence-electron chi connectivity index (χ0n) is 15.9. The van der Waals surface area contributed by atoms with Crippen molar-refractivity contribution in [1.82, 2.24) is 0 Å². The molecule has 0 aliphatic rings. The van der Waals surface area contributed by atoms with Crippen molar-refractivity contribution in [1.29, 1.82) is 0 Å². The predicted octanol–water partition coefficient (Wildman–Crippen LogP) is -0.0936. The number of hydrogen-bond acceptors (Lipinski definition) is 2. The van der Waals surface area contributed by atoms with Crippen LogP contribution in [-0.4, -0.2) is 0 Å². The summed E-state index contributed by atoms with van der Waals surface area (Å²) in [6.07, 6.45) is 0. The summed E-state index contributed by atoms with van der Waals surface area (Å²) < 4.78 is 0. The second-order valence-corrected chi connectivity index (χ2v) is 68.0. The second-order valence-electron chi connectivity index (χ2n) is 2.52. The molecule has 0 bridgehead atoms. The van der Waals surface area contributed by atoms with Gasteiger partial charge in [-0.15, -0.1) is 0 Å². The molecule has 0 aromatic heterocycles. The molecule has 0 radical (unpaired) electrons. The second kappa shape index (κ2) is 46.6. The van der Waals surface area contributed by atoms with Crippen molar-refractivity contribution in [2.24, 2.45) is 0 Å². The molecule has 0 saturated carbocycles. The molecule has 0 aliphatic heterocycles. The van der Waals surface area contributed by atoms with Crippen LogP contribution in [0.2, 0.25) is 0 Å². The van der Waals surface area contributed by atoms with E-state index < -0.39 is 0 Å². The first-order valence-electron chi connectivity index (χ1n) is 6.33. The summed E-state index contributed by atoms with van der Waals surface area (Å²) in [5.41, 5.74) is 0. The molecule has 0 nitrogen and oxygen atoms in total. The van der Waals surface area contributed by atoms with Gasteiger partial charge in [0.15, 0.2) is 0 Å². The molecule has 234 valence electrons. The van der Waals surface area contributed by atoms with E-state index in [-0.39, 0.29) is 0 Å². The summed E-state index contributed by atoms with van der Waals surface area (Å²) in [6, 6.07) is 0. The molecule has 0 fully saturated rings. The fourth-order valence-corrected chi connectivity index (χ4v) is 96.4. The van der Waals surface area contributed by atoms with E-state index in [4.69, 9.17) is 22.4 Å². The van der Waals surface area contributed by atoms with E-state index in [0.717, 1.165) is 0 Å². The van der Waals surface area contributed by atoms with Gasteiger partial charge in [0.25, 0.3) is 0 Å². The summed E-state index contributed by atoms with van der Waals surface area (Å²) in [4.78, 5) is 0. The Morgan fingerprint density at radius 3 is 0.282 bits per heavy atom. The molecular weight excluding hydrogens is 1250 g/mol. The fraction of sp³-hybridized carbons (Fsp3) is 0. The maximum Gasteiger partial charge on any atom is 0 e. The summed E-state index contributed by atoms with van der Waals surface area (Å²) in [5.74, 6) is 0. The van der Waals surface area contributed by atoms with Crippen LogP contribution < -0.4 is 0 Å². The molecule has 0 spiro atoms. The third-order valence-electron chi connectivity index (χ3n) is 1.00. The Labute approximate surface area is 341 Å². The van der Waals surface area contributed by atoms with E-state index in [0.29, 0.717) is 0 Å². The van der Waals surface area contributed by atoms with Crippen LogP contribution in [0.4, 0.5) is 0 Å². The van der Waals surface area contributed by atoms with Gasteiger partial charge in [-0.2, -0.15) is 0 Å². The van der Waals surface area contributed by atoms with E-state index in [9.17, 15) is 0 Å². The molecule has 0 rings (SSSR count). The highest BCUT2D eigenvalue weighted by atomic mass is 33.5. The molecule has 0 heterocycles. The van der Waals surface area contributed by atoms with Crippen LogP contribution in [0, 0.1) is 0 Å². The molecule has 0 aromatic rings. The zero-order valence-corrected chi connectivity index (χ0v) is 47.8. The van der Waals surface area contributed by atoms with E-state index >= 15 is 0 Å². The van der Waals surface area contributed by atoms with Gasteiger partial charge in [0.05, 0.1) is 0 Å². The Morgan fingerprint density at radius 1 is 0.128 bits per heavy atom. The van der Waals surface area contributed by atoms with Crippen LogP contribution in [0.3, 0.4) is 0 Å². The molecule has 39 heavy (non-hydrogen) atoms. The van der Waals surface area contributed by atoms with Crippen molar-refractivity contribution in [2.45, 2.75) is 0 Å². The average molecular weight is 1250 g/mol. The lowest BCUT2D eigenvalue weighted by Crippen LogP contribution is -1.41. The lowest BCUT2D eigenvalue weighted by atomic mass is 30.7. The van der Waals surface area contributed by atoms with Crippen molar-refractivity contribution >= 4 is 351 Å². The van der Waals surface area contributed by atoms with Gasteiger partial charge in [-0.05, 0) is 0 Å². The van der Waals surface area contributed by atoms with Gasteiger partial charge >= 0.3 is 0 Å². The topological polar surface area (TPSA) is 0 Å². The third kappa shape index (κ3) is 46.6. The zero-order chi connectivity index (χ0) is 28.2. The minimum atomic E-state index is 1.37. The Balaban J connectivity index is 6.02. The predicted molar refractivity (Wildman–Crippen MR) is 287 cm³/mol. The van der Waals surface area contributed by atoms with E-state index in [2.05, 4.69) is 0 Å². The largest absolute Gasteiger partial charge is 0 e. The quantitative estimate of drug-likeness (QED) is 0.334. The Hall–Kier alpha value is 8.58. The minimum Gasteiger partial charge on any atom is 0 e. The minimum absolute atomic E-state index is 1.37. The highest BCUT2D eigenvalue weighted by Crippen LogP contribution is 1.44. The van der Waals surface area contributed by atoms with Crippen molar-refractivity contribution in [3.8, 4) is 0 Å². The monoisotopic (exact) mass is 1250 g/mol. The van der Waals surface area contributed by atoms with Crippen LogP contribution >= 0.6 is 0 Å². The first-order chi connectivity index (χ1) is 19.4. The fourth-order valence-electron chi connectivity index (χ4n) is 0.397. The summed E-state index contributed by atoms with van der Waals surface area (Å²) in [5, 5.41) is 0. The maximum absolute atomic E-state index is 4.80. The molecule has 39 heteroatoms. The van der Waals surface area contributed by atoms with Crippen molar-refractivity contribution in [2.75, 3.05) is 0 Å². The lowest BCUT2D eigenvalue weighted by Gasteiger charge is -1.41. The molecule has 0 N–H and O–H groups in total. The van der Waals surface area contributed by atoms with Gasteiger partial charge in [0.2, 0.25) is 0 Å². The van der Waals surface area contributed by atoms with Crippen LogP contribution in [0.15, 0.2) is 0 Å². The molecular formula is S39. The Kier molecular flexibility index (Phi) is 56.8. The van der Waals surface area contributed by atoms with E-state index in [1.807, 2.05) is 204 Å². The van der Waals surface area contributed by atoms with Crippen LogP contribution in [0.5, 0.6) is 0 Å². The summed E-state index contributed by atoms with van der Waals surface area (Å²) in [6.45, 7) is 0. The molecule has 0 aliphatic carbocycles. The van der Waals surface area contributed by atoms with Gasteiger partial charge in [-0.25, -0.2) is 0 Å². The first-order valence-corrected chi connectivity index (χ1v) is 57.0. The van der Waals surface area contributed by atoms with Crippen molar-refractivity contribution < 1.29 is 0 Å². The Bertz CT molecular complexity index is 2330. The normalized spacial score (nSPS) is 7.69. The third-order valence-corrected chi connectivity index (χ3v) is 81.0. The molecule has 0 amide bonds. The van der Waals surface area contributed by atoms with Crippen molar-refractivity contribution in [3.63, 3.8) is 0 Å². The highest BCUT2D eigenvalue weighted by molar-refractivity contribution is 8.81. The summed E-state index contributed by atoms with van der Waals surface area (Å²) in [7, 11) is 65.6. The van der Waals surface area contributed by atoms with Crippen molar-refractivity contribution in [3.05, 3.63) is 0 Å². The smallest absolute Gasteiger partial charge is 0 e. The number of rotatable bonds is 0. The lowest BCUT2D eigenvalue weighted by molar-refractivity contribution is 5.96. The molecule has 0 aromatic carbocycles. The molecule has 0 saturated heterocycles. The van der Waals surface area contributed by atoms with Gasteiger partial charge in [-0.1, -0.05) is 0 Å². The van der Waals surface area contributed by atoms with E-state index in [1.165, 1.54) is 17.8 Å². The van der Waals surface area contributed by atoms with Gasteiger partial charge in [0, 0.05) is 351 Å². The number of hydrogen-bond donors (Lipinski definition) is 0. The summed E-state index contributed by atoms with van der Waals surface area (Å²) >= 11 is 9.60. The molecule has 0 unspecified atom stereocenters. The van der Waals surface area contributed by atoms with Gasteiger partial charge in [0.1, 0.15) is 0 Å². The first kappa shape index (κ1) is 47.6. The molecule has 0 atom stereocenters. The van der Waals surface area contributed by atoms with Crippen LogP contribution in [0.25, 0.3) is 0 Å². The standard InChI is InChI=1S/S39/c1-3-5-7-9-11-13-15-17-19-21-23-25-27-29-31-33-35-37-39-38-36-34-32-30-28-26-24-22-20-18-16-14-12-10-8-6-4-2. The maximum atomic E-state index is 4.80. The van der Waals surface area contributed by atoms with E-state index in [1.54, 1.807) is 107 Å². The Morgan fingerprint density at radius 2 is 0.205 bits per heavy atom. The van der Waals surface area contributed by atoms with Gasteiger partial charge < -0.3 is 0 Å². The van der Waals surface area contributed by atoms with Gasteiger partial charge in [-0.3, -0.25) is 0 Å². The van der Waals surface area contributed by atoms with Crippen LogP contribution in [-0.2, 0) is 351 Å². The van der Waals surface area contributed by atoms with Crippen LogP contribution in [0.1, 0.15) is 0 Å². The SMILES string of the molecule is S=S=S=S=S=S=S=S=S=S=S=S=S=S=S=S=S=S=S=S=S=S=S=S=S=S=S=S=S=S=S=S=S=S=S=S=S=S=S. The highest BCUT2D eigenvalue weighted by Gasteiger charge is 1.44.